The van der Waals surface area contributed by atoms with E-state index in [0.717, 1.165) is 10.6 Å². The van der Waals surface area contributed by atoms with Gasteiger partial charge in [-0.05, 0) is 43.5 Å². The van der Waals surface area contributed by atoms with Crippen LogP contribution in [-0.4, -0.2) is 46.8 Å². The second-order valence-electron chi connectivity index (χ2n) is 7.74. The van der Waals surface area contributed by atoms with Gasteiger partial charge < -0.3 is 9.80 Å². The van der Waals surface area contributed by atoms with Crippen LogP contribution in [0.15, 0.2) is 58.7 Å². The van der Waals surface area contributed by atoms with Gasteiger partial charge in [0.15, 0.2) is 0 Å². The van der Waals surface area contributed by atoms with Crippen molar-refractivity contribution in [3.05, 3.63) is 69.3 Å². The Morgan fingerprint density at radius 2 is 1.77 bits per heavy atom. The minimum atomic E-state index is -1.09. The van der Waals surface area contributed by atoms with Crippen LogP contribution in [0, 0.1) is 0 Å². The van der Waals surface area contributed by atoms with Gasteiger partial charge in [0.1, 0.15) is 11.2 Å². The van der Waals surface area contributed by atoms with Gasteiger partial charge in [0, 0.05) is 32.2 Å². The van der Waals surface area contributed by atoms with Crippen LogP contribution >= 0.6 is 22.9 Å². The Labute approximate surface area is 184 Å². The van der Waals surface area contributed by atoms with E-state index in [1.54, 1.807) is 36.2 Å². The van der Waals surface area contributed by atoms with Crippen LogP contribution in [0.5, 0.6) is 0 Å². The molecule has 0 N–H and O–H groups in total. The first-order valence-corrected chi connectivity index (χ1v) is 11.1. The van der Waals surface area contributed by atoms with Crippen molar-refractivity contribution in [2.45, 2.75) is 19.4 Å². The third kappa shape index (κ3) is 3.87. The van der Waals surface area contributed by atoms with Gasteiger partial charge in [0.2, 0.25) is 5.91 Å². The van der Waals surface area contributed by atoms with Crippen molar-refractivity contribution in [1.29, 1.82) is 0 Å². The monoisotopic (exact) mass is 442 g/mol. The number of rotatable bonds is 4. The van der Waals surface area contributed by atoms with E-state index in [1.165, 1.54) is 10.7 Å². The number of thiophene rings is 1. The van der Waals surface area contributed by atoms with Crippen molar-refractivity contribution < 1.29 is 4.79 Å². The smallest absolute Gasteiger partial charge is 0.267 e. The fourth-order valence-electron chi connectivity index (χ4n) is 3.70. The number of para-hydroxylation sites is 1. The Kier molecular flexibility index (Phi) is 5.66. The largest absolute Gasteiger partial charge is 0.367 e. The van der Waals surface area contributed by atoms with Gasteiger partial charge in [0.05, 0.1) is 15.6 Å². The number of hydrogen-bond acceptors (Lipinski definition) is 5. The van der Waals surface area contributed by atoms with Gasteiger partial charge in [0.25, 0.3) is 5.56 Å². The number of hydrogen-bond donors (Lipinski definition) is 0. The SMILES string of the molecule is CC(C)(C(=O)N1CCN(c2ccccc2Cl)CC1)n1nc(-c2cccs2)ccc1=O. The molecule has 8 heteroatoms. The van der Waals surface area contributed by atoms with E-state index in [-0.39, 0.29) is 11.5 Å². The minimum Gasteiger partial charge on any atom is -0.367 e. The minimum absolute atomic E-state index is 0.112. The number of aromatic nitrogens is 2. The Morgan fingerprint density at radius 3 is 2.43 bits per heavy atom. The molecule has 0 radical (unpaired) electrons. The summed E-state index contributed by atoms with van der Waals surface area (Å²) in [6, 6.07) is 14.8. The van der Waals surface area contributed by atoms with Crippen LogP contribution in [0.4, 0.5) is 5.69 Å². The number of halogens is 1. The highest BCUT2D eigenvalue weighted by Crippen LogP contribution is 2.27. The number of carbonyl (C=O) groups excluding carboxylic acids is 1. The van der Waals surface area contributed by atoms with Gasteiger partial charge in [-0.2, -0.15) is 5.10 Å². The summed E-state index contributed by atoms with van der Waals surface area (Å²) in [5.41, 5.74) is 0.293. The van der Waals surface area contributed by atoms with Crippen molar-refractivity contribution in [3.63, 3.8) is 0 Å². The molecule has 0 saturated carbocycles. The van der Waals surface area contributed by atoms with Crippen LogP contribution in [0.25, 0.3) is 10.6 Å². The standard InChI is InChI=1S/C22H23ClN4O2S/c1-22(2,27-20(28)10-9-17(24-27)19-8-5-15-30-19)21(29)26-13-11-25(12-14-26)18-7-4-3-6-16(18)23/h3-10,15H,11-14H2,1-2H3. The summed E-state index contributed by atoms with van der Waals surface area (Å²) in [7, 11) is 0. The molecular formula is C22H23ClN4O2S. The lowest BCUT2D eigenvalue weighted by atomic mass is 10.0. The van der Waals surface area contributed by atoms with E-state index in [1.807, 2.05) is 41.8 Å². The Balaban J connectivity index is 1.53. The van der Waals surface area contributed by atoms with E-state index < -0.39 is 5.54 Å². The lowest BCUT2D eigenvalue weighted by molar-refractivity contribution is -0.140. The van der Waals surface area contributed by atoms with E-state index in [9.17, 15) is 9.59 Å². The molecule has 1 amide bonds. The Bertz CT molecular complexity index is 1100. The molecule has 1 saturated heterocycles. The highest BCUT2D eigenvalue weighted by Gasteiger charge is 2.37. The lowest BCUT2D eigenvalue weighted by Gasteiger charge is -2.39. The summed E-state index contributed by atoms with van der Waals surface area (Å²) in [6.07, 6.45) is 0. The van der Waals surface area contributed by atoms with Gasteiger partial charge in [-0.25, -0.2) is 4.68 Å². The molecule has 1 aliphatic rings. The normalized spacial score (nSPS) is 14.8. The molecule has 2 aromatic heterocycles. The number of carbonyl (C=O) groups is 1. The van der Waals surface area contributed by atoms with Gasteiger partial charge >= 0.3 is 0 Å². The maximum Gasteiger partial charge on any atom is 0.267 e. The highest BCUT2D eigenvalue weighted by atomic mass is 35.5. The molecule has 0 unspecified atom stereocenters. The molecule has 1 aliphatic heterocycles. The van der Waals surface area contributed by atoms with E-state index in [2.05, 4.69) is 10.00 Å². The second kappa shape index (κ2) is 8.24. The van der Waals surface area contributed by atoms with Gasteiger partial charge in [-0.3, -0.25) is 9.59 Å². The number of benzene rings is 1. The average Bonchev–Trinajstić information content (AvgIpc) is 3.29. The van der Waals surface area contributed by atoms with Crippen molar-refractivity contribution in [1.82, 2.24) is 14.7 Å². The first-order chi connectivity index (χ1) is 14.4. The van der Waals surface area contributed by atoms with Gasteiger partial charge in [-0.15, -0.1) is 11.3 Å². The molecular weight excluding hydrogens is 420 g/mol. The first-order valence-electron chi connectivity index (χ1n) is 9.81. The average molecular weight is 443 g/mol. The number of piperazine rings is 1. The number of nitrogens with zero attached hydrogens (tertiary/aromatic N) is 4. The number of anilines is 1. The zero-order chi connectivity index (χ0) is 21.3. The third-order valence-corrected chi connectivity index (χ3v) is 6.60. The molecule has 1 aromatic carbocycles. The second-order valence-corrected chi connectivity index (χ2v) is 9.09. The molecule has 4 rings (SSSR count). The maximum atomic E-state index is 13.4. The third-order valence-electron chi connectivity index (χ3n) is 5.39. The maximum absolute atomic E-state index is 13.4. The van der Waals surface area contributed by atoms with E-state index in [0.29, 0.717) is 36.9 Å². The van der Waals surface area contributed by atoms with E-state index >= 15 is 0 Å². The summed E-state index contributed by atoms with van der Waals surface area (Å²) < 4.78 is 1.31. The van der Waals surface area contributed by atoms with Crippen LogP contribution in [0.3, 0.4) is 0 Å². The van der Waals surface area contributed by atoms with Crippen LogP contribution in [0.2, 0.25) is 5.02 Å². The molecule has 156 valence electrons. The Morgan fingerprint density at radius 1 is 1.03 bits per heavy atom. The van der Waals surface area contributed by atoms with Crippen molar-refractivity contribution in [2.24, 2.45) is 0 Å². The molecule has 0 aliphatic carbocycles. The molecule has 6 nitrogen and oxygen atoms in total. The van der Waals surface area contributed by atoms with Crippen molar-refractivity contribution >= 4 is 34.5 Å². The summed E-state index contributed by atoms with van der Waals surface area (Å²) in [5.74, 6) is -0.112. The zero-order valence-electron chi connectivity index (χ0n) is 16.9. The Hall–Kier alpha value is -2.64. The molecule has 3 heterocycles. The van der Waals surface area contributed by atoms with Gasteiger partial charge in [-0.1, -0.05) is 29.8 Å². The zero-order valence-corrected chi connectivity index (χ0v) is 18.5. The van der Waals surface area contributed by atoms with Crippen molar-refractivity contribution in [3.8, 4) is 10.6 Å². The van der Waals surface area contributed by atoms with Crippen LogP contribution in [0.1, 0.15) is 13.8 Å². The predicted molar refractivity (Wildman–Crippen MR) is 121 cm³/mol. The summed E-state index contributed by atoms with van der Waals surface area (Å²) >= 11 is 7.86. The molecule has 1 fully saturated rings. The van der Waals surface area contributed by atoms with Crippen molar-refractivity contribution in [2.75, 3.05) is 31.1 Å². The molecule has 3 aromatic rings. The molecule has 0 spiro atoms. The summed E-state index contributed by atoms with van der Waals surface area (Å²) in [6.45, 7) is 6.00. The number of amides is 1. The molecule has 30 heavy (non-hydrogen) atoms. The highest BCUT2D eigenvalue weighted by molar-refractivity contribution is 7.13. The first kappa shape index (κ1) is 20.6. The molecule has 0 bridgehead atoms. The predicted octanol–water partition coefficient (Wildman–Crippen LogP) is 3.71. The summed E-state index contributed by atoms with van der Waals surface area (Å²) in [4.78, 5) is 30.9. The van der Waals surface area contributed by atoms with Crippen LogP contribution < -0.4 is 10.5 Å². The fraction of sp³-hybridized carbons (Fsp3) is 0.318. The summed E-state index contributed by atoms with van der Waals surface area (Å²) in [5, 5.41) is 7.18. The lowest BCUT2D eigenvalue weighted by Crippen LogP contribution is -2.56. The van der Waals surface area contributed by atoms with Crippen LogP contribution in [-0.2, 0) is 10.3 Å². The topological polar surface area (TPSA) is 58.4 Å². The molecule has 0 atom stereocenters. The fourth-order valence-corrected chi connectivity index (χ4v) is 4.65. The quantitative estimate of drug-likeness (QED) is 0.618. The van der Waals surface area contributed by atoms with E-state index in [4.69, 9.17) is 11.6 Å².